The van der Waals surface area contributed by atoms with E-state index in [-0.39, 0.29) is 11.9 Å². The predicted molar refractivity (Wildman–Crippen MR) is 86.9 cm³/mol. The Kier molecular flexibility index (Phi) is 5.39. The van der Waals surface area contributed by atoms with Crippen LogP contribution in [0.15, 0.2) is 24.3 Å². The number of nitrogens with one attached hydrogen (secondary N) is 1. The Morgan fingerprint density at radius 3 is 2.48 bits per heavy atom. The van der Waals surface area contributed by atoms with Crippen LogP contribution in [0.4, 0.5) is 4.39 Å². The third-order valence-corrected chi connectivity index (χ3v) is 5.03. The largest absolute Gasteiger partial charge is 0.312 e. The molecule has 0 heterocycles. The topological polar surface area (TPSA) is 15.3 Å². The van der Waals surface area contributed by atoms with E-state index in [0.717, 1.165) is 12.1 Å². The minimum Gasteiger partial charge on any atom is -0.312 e. The van der Waals surface area contributed by atoms with Gasteiger partial charge in [-0.1, -0.05) is 32.0 Å². The molecule has 1 unspecified atom stereocenters. The van der Waals surface area contributed by atoms with Crippen molar-refractivity contribution in [3.05, 3.63) is 35.6 Å². The standard InChI is InChI=1S/C18H29FN2/c1-18(2)11-9-14(10-12-18)21(4)13-17(20-3)15-7-5-6-8-16(15)19/h5-8,14,17,20H,9-13H2,1-4H3. The van der Waals surface area contributed by atoms with E-state index in [0.29, 0.717) is 11.5 Å². The average Bonchev–Trinajstić information content (AvgIpc) is 2.45. The maximum atomic E-state index is 14.0. The fourth-order valence-corrected chi connectivity index (χ4v) is 3.36. The maximum absolute atomic E-state index is 14.0. The molecule has 1 aliphatic carbocycles. The summed E-state index contributed by atoms with van der Waals surface area (Å²) in [6.45, 7) is 5.57. The van der Waals surface area contributed by atoms with Crippen LogP contribution in [0.5, 0.6) is 0 Å². The summed E-state index contributed by atoms with van der Waals surface area (Å²) in [5.41, 5.74) is 1.26. The lowest BCUT2D eigenvalue weighted by Crippen LogP contribution is -2.41. The summed E-state index contributed by atoms with van der Waals surface area (Å²) in [5, 5.41) is 3.26. The third kappa shape index (κ3) is 4.27. The van der Waals surface area contributed by atoms with Gasteiger partial charge in [-0.05, 0) is 51.3 Å². The lowest BCUT2D eigenvalue weighted by atomic mass is 9.75. The van der Waals surface area contributed by atoms with Gasteiger partial charge in [0.15, 0.2) is 0 Å². The van der Waals surface area contributed by atoms with Crippen LogP contribution in [0.2, 0.25) is 0 Å². The molecule has 1 aliphatic rings. The lowest BCUT2D eigenvalue weighted by molar-refractivity contribution is 0.120. The van der Waals surface area contributed by atoms with Crippen molar-refractivity contribution in [3.8, 4) is 0 Å². The van der Waals surface area contributed by atoms with Crippen molar-refractivity contribution in [3.63, 3.8) is 0 Å². The molecule has 1 N–H and O–H groups in total. The second-order valence-corrected chi connectivity index (χ2v) is 7.20. The van der Waals surface area contributed by atoms with Gasteiger partial charge in [-0.15, -0.1) is 0 Å². The lowest BCUT2D eigenvalue weighted by Gasteiger charge is -2.39. The molecule has 1 aromatic carbocycles. The Bertz CT molecular complexity index is 448. The Hall–Kier alpha value is -0.930. The molecule has 0 bridgehead atoms. The Labute approximate surface area is 128 Å². The highest BCUT2D eigenvalue weighted by Crippen LogP contribution is 2.36. The van der Waals surface area contributed by atoms with Gasteiger partial charge in [0.05, 0.1) is 0 Å². The fraction of sp³-hybridized carbons (Fsp3) is 0.667. The van der Waals surface area contributed by atoms with Gasteiger partial charge in [0.2, 0.25) is 0 Å². The number of nitrogens with zero attached hydrogens (tertiary/aromatic N) is 1. The highest BCUT2D eigenvalue weighted by molar-refractivity contribution is 5.21. The minimum atomic E-state index is -0.116. The fourth-order valence-electron chi connectivity index (χ4n) is 3.36. The van der Waals surface area contributed by atoms with Crippen LogP contribution in [-0.4, -0.2) is 31.6 Å². The zero-order valence-electron chi connectivity index (χ0n) is 13.8. The average molecular weight is 292 g/mol. The number of hydrogen-bond donors (Lipinski definition) is 1. The summed E-state index contributed by atoms with van der Waals surface area (Å²) in [5.74, 6) is -0.116. The van der Waals surface area contributed by atoms with Crippen molar-refractivity contribution in [1.29, 1.82) is 0 Å². The van der Waals surface area contributed by atoms with E-state index < -0.39 is 0 Å². The van der Waals surface area contributed by atoms with Crippen LogP contribution in [0.1, 0.15) is 51.1 Å². The second kappa shape index (κ2) is 6.89. The molecular formula is C18H29FN2. The van der Waals surface area contributed by atoms with Crippen LogP contribution in [0.3, 0.4) is 0 Å². The molecule has 1 atom stereocenters. The maximum Gasteiger partial charge on any atom is 0.128 e. The molecule has 1 saturated carbocycles. The van der Waals surface area contributed by atoms with Crippen molar-refractivity contribution in [1.82, 2.24) is 10.2 Å². The van der Waals surface area contributed by atoms with Gasteiger partial charge < -0.3 is 10.2 Å². The molecule has 1 aromatic rings. The van der Waals surface area contributed by atoms with Crippen molar-refractivity contribution in [2.75, 3.05) is 20.6 Å². The first-order valence-corrected chi connectivity index (χ1v) is 8.05. The van der Waals surface area contributed by atoms with E-state index >= 15 is 0 Å². The number of likely N-dealkylation sites (N-methyl/N-ethyl adjacent to an activating group) is 2. The van der Waals surface area contributed by atoms with Crippen LogP contribution >= 0.6 is 0 Å². The number of halogens is 1. The van der Waals surface area contributed by atoms with Gasteiger partial charge >= 0.3 is 0 Å². The molecule has 0 aliphatic heterocycles. The molecule has 3 heteroatoms. The van der Waals surface area contributed by atoms with Crippen LogP contribution in [0.25, 0.3) is 0 Å². The Balaban J connectivity index is 1.97. The summed E-state index contributed by atoms with van der Waals surface area (Å²) in [6, 6.07) is 7.76. The molecule has 0 aromatic heterocycles. The summed E-state index contributed by atoms with van der Waals surface area (Å²) in [4.78, 5) is 2.41. The van der Waals surface area contributed by atoms with Crippen molar-refractivity contribution in [2.24, 2.45) is 5.41 Å². The highest BCUT2D eigenvalue weighted by atomic mass is 19.1. The molecule has 0 amide bonds. The van der Waals surface area contributed by atoms with Crippen LogP contribution in [0, 0.1) is 11.2 Å². The first kappa shape index (κ1) is 16.4. The van der Waals surface area contributed by atoms with Crippen molar-refractivity contribution in [2.45, 2.75) is 51.6 Å². The van der Waals surface area contributed by atoms with E-state index in [1.165, 1.54) is 25.7 Å². The monoisotopic (exact) mass is 292 g/mol. The molecule has 21 heavy (non-hydrogen) atoms. The number of benzene rings is 1. The first-order chi connectivity index (χ1) is 9.93. The van der Waals surface area contributed by atoms with Gasteiger partial charge in [0.25, 0.3) is 0 Å². The minimum absolute atomic E-state index is 0.0473. The molecular weight excluding hydrogens is 263 g/mol. The van der Waals surface area contributed by atoms with E-state index in [1.54, 1.807) is 12.1 Å². The Morgan fingerprint density at radius 2 is 1.90 bits per heavy atom. The normalized spacial score (nSPS) is 20.7. The molecule has 118 valence electrons. The molecule has 2 nitrogen and oxygen atoms in total. The smallest absolute Gasteiger partial charge is 0.128 e. The zero-order valence-corrected chi connectivity index (χ0v) is 13.8. The quantitative estimate of drug-likeness (QED) is 0.883. The van der Waals surface area contributed by atoms with Crippen LogP contribution in [-0.2, 0) is 0 Å². The first-order valence-electron chi connectivity index (χ1n) is 8.05. The van der Waals surface area contributed by atoms with Gasteiger partial charge in [-0.2, -0.15) is 0 Å². The highest BCUT2D eigenvalue weighted by Gasteiger charge is 2.29. The number of hydrogen-bond acceptors (Lipinski definition) is 2. The predicted octanol–water partition coefficient (Wildman–Crippen LogP) is 3.99. The number of rotatable bonds is 5. The van der Waals surface area contributed by atoms with E-state index in [1.807, 2.05) is 19.2 Å². The summed E-state index contributed by atoms with van der Waals surface area (Å²) >= 11 is 0. The van der Waals surface area contributed by atoms with Gasteiger partial charge in [0.1, 0.15) is 5.82 Å². The second-order valence-electron chi connectivity index (χ2n) is 7.20. The molecule has 2 rings (SSSR count). The SMILES string of the molecule is CNC(CN(C)C1CCC(C)(C)CC1)c1ccccc1F. The van der Waals surface area contributed by atoms with E-state index in [9.17, 15) is 4.39 Å². The molecule has 0 spiro atoms. The molecule has 1 fully saturated rings. The summed E-state index contributed by atoms with van der Waals surface area (Å²) in [6.07, 6.45) is 5.06. The summed E-state index contributed by atoms with van der Waals surface area (Å²) < 4.78 is 14.0. The van der Waals surface area contributed by atoms with E-state index in [4.69, 9.17) is 0 Å². The van der Waals surface area contributed by atoms with Crippen LogP contribution < -0.4 is 5.32 Å². The van der Waals surface area contributed by atoms with Crippen molar-refractivity contribution >= 4 is 0 Å². The van der Waals surface area contributed by atoms with Gasteiger partial charge in [0, 0.05) is 24.2 Å². The van der Waals surface area contributed by atoms with Crippen molar-refractivity contribution < 1.29 is 4.39 Å². The van der Waals surface area contributed by atoms with Gasteiger partial charge in [-0.25, -0.2) is 4.39 Å². The molecule has 0 radical (unpaired) electrons. The molecule has 0 saturated heterocycles. The van der Waals surface area contributed by atoms with E-state index in [2.05, 4.69) is 31.1 Å². The summed E-state index contributed by atoms with van der Waals surface area (Å²) in [7, 11) is 4.09. The Morgan fingerprint density at radius 1 is 1.29 bits per heavy atom. The van der Waals surface area contributed by atoms with Gasteiger partial charge in [-0.3, -0.25) is 0 Å². The zero-order chi connectivity index (χ0) is 15.5. The third-order valence-electron chi connectivity index (χ3n) is 5.03.